The molecule has 0 saturated heterocycles. The second kappa shape index (κ2) is 5.42. The molecule has 1 N–H and O–H groups in total. The molecule has 4 heteroatoms. The number of halogens is 1. The van der Waals surface area contributed by atoms with Crippen LogP contribution in [0.3, 0.4) is 0 Å². The van der Waals surface area contributed by atoms with E-state index in [4.69, 9.17) is 5.26 Å². The second-order valence-electron chi connectivity index (χ2n) is 3.96. The molecular formula is C15H10FNO2. The number of nitriles is 1. The number of nitrogens with zero attached hydrogens (tertiary/aromatic N) is 1. The summed E-state index contributed by atoms with van der Waals surface area (Å²) in [5.74, 6) is -1.66. The Morgan fingerprint density at radius 1 is 1.16 bits per heavy atom. The standard InChI is InChI=1S/C15H10FNO2/c16-13-11(9-17)7-4-8-12(13)15(19)14(18)10-5-2-1-3-6-10/h1-8,14,18H. The van der Waals surface area contributed by atoms with Crippen LogP contribution >= 0.6 is 0 Å². The highest BCUT2D eigenvalue weighted by molar-refractivity contribution is 6.00. The van der Waals surface area contributed by atoms with Crippen LogP contribution in [0.1, 0.15) is 27.6 Å². The molecule has 2 rings (SSSR count). The van der Waals surface area contributed by atoms with E-state index in [-0.39, 0.29) is 11.1 Å². The Bertz CT molecular complexity index is 647. The third-order valence-corrected chi connectivity index (χ3v) is 2.75. The molecule has 0 aliphatic rings. The molecule has 0 aliphatic heterocycles. The van der Waals surface area contributed by atoms with Gasteiger partial charge in [0.05, 0.1) is 11.1 Å². The van der Waals surface area contributed by atoms with Crippen molar-refractivity contribution < 1.29 is 14.3 Å². The third-order valence-electron chi connectivity index (χ3n) is 2.75. The minimum absolute atomic E-state index is 0.217. The van der Waals surface area contributed by atoms with Crippen molar-refractivity contribution in [3.8, 4) is 6.07 Å². The highest BCUT2D eigenvalue weighted by Gasteiger charge is 2.23. The zero-order chi connectivity index (χ0) is 13.8. The molecule has 0 aliphatic carbocycles. The van der Waals surface area contributed by atoms with E-state index in [1.807, 2.05) is 0 Å². The largest absolute Gasteiger partial charge is 0.380 e. The number of Topliss-reactive ketones (excluding diaryl/α,β-unsaturated/α-hetero) is 1. The van der Waals surface area contributed by atoms with E-state index < -0.39 is 17.7 Å². The van der Waals surface area contributed by atoms with Gasteiger partial charge in [-0.15, -0.1) is 0 Å². The van der Waals surface area contributed by atoms with Gasteiger partial charge >= 0.3 is 0 Å². The van der Waals surface area contributed by atoms with Crippen molar-refractivity contribution in [2.75, 3.05) is 0 Å². The maximum atomic E-state index is 13.8. The van der Waals surface area contributed by atoms with Crippen LogP contribution in [0, 0.1) is 17.1 Å². The van der Waals surface area contributed by atoms with Crippen LogP contribution in [-0.4, -0.2) is 10.9 Å². The van der Waals surface area contributed by atoms with Crippen LogP contribution in [0.5, 0.6) is 0 Å². The first-order valence-corrected chi connectivity index (χ1v) is 5.61. The monoisotopic (exact) mass is 255 g/mol. The molecule has 1 unspecified atom stereocenters. The Hall–Kier alpha value is -2.51. The van der Waals surface area contributed by atoms with Crippen LogP contribution in [0.2, 0.25) is 0 Å². The fourth-order valence-electron chi connectivity index (χ4n) is 1.74. The van der Waals surface area contributed by atoms with Gasteiger partial charge in [0.15, 0.2) is 11.6 Å². The molecule has 3 nitrogen and oxygen atoms in total. The topological polar surface area (TPSA) is 61.1 Å². The first kappa shape index (κ1) is 12.9. The Kier molecular flexibility index (Phi) is 3.69. The Morgan fingerprint density at radius 2 is 1.84 bits per heavy atom. The lowest BCUT2D eigenvalue weighted by Crippen LogP contribution is -2.14. The number of carbonyl (C=O) groups is 1. The summed E-state index contributed by atoms with van der Waals surface area (Å²) in [4.78, 5) is 12.0. The van der Waals surface area contributed by atoms with Crippen molar-refractivity contribution >= 4 is 5.78 Å². The third kappa shape index (κ3) is 2.51. The van der Waals surface area contributed by atoms with Crippen LogP contribution in [-0.2, 0) is 0 Å². The fraction of sp³-hybridized carbons (Fsp3) is 0.0667. The van der Waals surface area contributed by atoms with E-state index in [0.29, 0.717) is 5.56 Å². The summed E-state index contributed by atoms with van der Waals surface area (Å²) >= 11 is 0. The first-order valence-electron chi connectivity index (χ1n) is 5.61. The van der Waals surface area contributed by atoms with Crippen molar-refractivity contribution in [1.82, 2.24) is 0 Å². The van der Waals surface area contributed by atoms with Gasteiger partial charge in [-0.3, -0.25) is 4.79 Å². The second-order valence-corrected chi connectivity index (χ2v) is 3.96. The smallest absolute Gasteiger partial charge is 0.198 e. The van der Waals surface area contributed by atoms with E-state index in [2.05, 4.69) is 0 Å². The van der Waals surface area contributed by atoms with Crippen LogP contribution in [0.25, 0.3) is 0 Å². The van der Waals surface area contributed by atoms with E-state index in [1.54, 1.807) is 36.4 Å². The van der Waals surface area contributed by atoms with Gasteiger partial charge < -0.3 is 5.11 Å². The Balaban J connectivity index is 2.38. The first-order chi connectivity index (χ1) is 9.15. The lowest BCUT2D eigenvalue weighted by atomic mass is 9.98. The fourth-order valence-corrected chi connectivity index (χ4v) is 1.74. The number of carbonyl (C=O) groups excluding carboxylic acids is 1. The highest BCUT2D eigenvalue weighted by atomic mass is 19.1. The van der Waals surface area contributed by atoms with Crippen molar-refractivity contribution in [3.05, 3.63) is 71.0 Å². The summed E-state index contributed by atoms with van der Waals surface area (Å²) in [7, 11) is 0. The number of ketones is 1. The molecule has 19 heavy (non-hydrogen) atoms. The minimum atomic E-state index is -1.44. The van der Waals surface area contributed by atoms with Crippen molar-refractivity contribution in [2.45, 2.75) is 6.10 Å². The van der Waals surface area contributed by atoms with Gasteiger partial charge in [-0.2, -0.15) is 5.26 Å². The van der Waals surface area contributed by atoms with Gasteiger partial charge in [-0.25, -0.2) is 4.39 Å². The molecular weight excluding hydrogens is 245 g/mol. The number of hydrogen-bond acceptors (Lipinski definition) is 3. The number of aliphatic hydroxyl groups excluding tert-OH is 1. The average Bonchev–Trinajstić information content (AvgIpc) is 2.47. The summed E-state index contributed by atoms with van der Waals surface area (Å²) in [6.07, 6.45) is -1.44. The molecule has 2 aromatic rings. The van der Waals surface area contributed by atoms with Gasteiger partial charge in [0.2, 0.25) is 0 Å². The summed E-state index contributed by atoms with van der Waals surface area (Å²) in [6, 6.07) is 13.9. The lowest BCUT2D eigenvalue weighted by molar-refractivity contribution is 0.0743. The van der Waals surface area contributed by atoms with E-state index in [9.17, 15) is 14.3 Å². The Labute approximate surface area is 109 Å². The molecule has 0 spiro atoms. The molecule has 0 amide bonds. The number of hydrogen-bond donors (Lipinski definition) is 1. The SMILES string of the molecule is N#Cc1cccc(C(=O)C(O)c2ccccc2)c1F. The zero-order valence-corrected chi connectivity index (χ0v) is 9.88. The normalized spacial score (nSPS) is 11.6. The van der Waals surface area contributed by atoms with Gasteiger partial charge in [0, 0.05) is 0 Å². The highest BCUT2D eigenvalue weighted by Crippen LogP contribution is 2.21. The zero-order valence-electron chi connectivity index (χ0n) is 9.88. The number of benzene rings is 2. The molecule has 0 heterocycles. The van der Waals surface area contributed by atoms with Crippen molar-refractivity contribution in [2.24, 2.45) is 0 Å². The quantitative estimate of drug-likeness (QED) is 0.857. The maximum Gasteiger partial charge on any atom is 0.198 e. The van der Waals surface area contributed by atoms with E-state index in [0.717, 1.165) is 0 Å². The summed E-state index contributed by atoms with van der Waals surface area (Å²) in [5.41, 5.74) is -0.115. The molecule has 0 radical (unpaired) electrons. The molecule has 0 bridgehead atoms. The van der Waals surface area contributed by atoms with Gasteiger partial charge in [0.25, 0.3) is 0 Å². The Morgan fingerprint density at radius 3 is 2.47 bits per heavy atom. The molecule has 0 aromatic heterocycles. The minimum Gasteiger partial charge on any atom is -0.380 e. The molecule has 0 saturated carbocycles. The maximum absolute atomic E-state index is 13.8. The molecule has 0 fully saturated rings. The lowest BCUT2D eigenvalue weighted by Gasteiger charge is -2.10. The molecule has 2 aromatic carbocycles. The predicted molar refractivity (Wildman–Crippen MR) is 66.8 cm³/mol. The van der Waals surface area contributed by atoms with E-state index >= 15 is 0 Å². The number of aliphatic hydroxyl groups is 1. The van der Waals surface area contributed by atoms with Gasteiger partial charge in [-0.05, 0) is 17.7 Å². The van der Waals surface area contributed by atoms with Crippen LogP contribution in [0.4, 0.5) is 4.39 Å². The molecule has 94 valence electrons. The number of rotatable bonds is 3. The summed E-state index contributed by atoms with van der Waals surface area (Å²) in [5, 5.41) is 18.6. The predicted octanol–water partition coefficient (Wildman–Crippen LogP) is 2.61. The van der Waals surface area contributed by atoms with Gasteiger partial charge in [-0.1, -0.05) is 36.4 Å². The van der Waals surface area contributed by atoms with Crippen molar-refractivity contribution in [1.29, 1.82) is 5.26 Å². The van der Waals surface area contributed by atoms with Gasteiger partial charge in [0.1, 0.15) is 12.2 Å². The summed E-state index contributed by atoms with van der Waals surface area (Å²) in [6.45, 7) is 0. The summed E-state index contributed by atoms with van der Waals surface area (Å²) < 4.78 is 13.8. The van der Waals surface area contributed by atoms with E-state index in [1.165, 1.54) is 18.2 Å². The van der Waals surface area contributed by atoms with Crippen LogP contribution < -0.4 is 0 Å². The average molecular weight is 255 g/mol. The molecule has 1 atom stereocenters. The van der Waals surface area contributed by atoms with Crippen LogP contribution in [0.15, 0.2) is 48.5 Å². The van der Waals surface area contributed by atoms with Crippen molar-refractivity contribution in [3.63, 3.8) is 0 Å².